The maximum Gasteiger partial charge on any atom is 4.00 e. The Morgan fingerprint density at radius 2 is 0.310 bits per heavy atom. The Morgan fingerprint density at radius 3 is 0.310 bits per heavy atom. The normalized spacial score (nSPS) is 10.8. The summed E-state index contributed by atoms with van der Waals surface area (Å²) in [5.74, 6) is 0. The molecule has 176 valence electrons. The second-order valence-electron chi connectivity index (χ2n) is 9.35. The molecule has 0 aromatic heterocycles. The zero-order valence-corrected chi connectivity index (χ0v) is 26.0. The molecule has 0 heterocycles. The van der Waals surface area contributed by atoms with Gasteiger partial charge < -0.3 is 21.3 Å². The predicted octanol–water partition coefficient (Wildman–Crippen LogP) is 8.71. The van der Waals surface area contributed by atoms with Gasteiger partial charge in [0.15, 0.2) is 0 Å². The Labute approximate surface area is 220 Å². The van der Waals surface area contributed by atoms with E-state index >= 15 is 0 Å². The minimum atomic E-state index is 0. The second-order valence-corrected chi connectivity index (χ2v) is 9.35. The van der Waals surface area contributed by atoms with Crippen molar-refractivity contribution in [2.45, 2.75) is 159 Å². The maximum atomic E-state index is 4.28. The van der Waals surface area contributed by atoms with E-state index in [9.17, 15) is 0 Å². The van der Waals surface area contributed by atoms with E-state index in [4.69, 9.17) is 0 Å². The van der Waals surface area contributed by atoms with Gasteiger partial charge in [-0.05, 0) is 0 Å². The SMILES string of the molecule is CC(C)[N-]C(C)C.CC(C)[N-]C(C)C.CC(C)[N-]C(C)C.CC(C)[N-]C(C)C.[Ce+4]. The van der Waals surface area contributed by atoms with Gasteiger partial charge in [0.1, 0.15) is 0 Å². The second kappa shape index (κ2) is 27.3. The van der Waals surface area contributed by atoms with Crippen molar-refractivity contribution in [1.29, 1.82) is 0 Å². The van der Waals surface area contributed by atoms with Crippen LogP contribution in [0.5, 0.6) is 0 Å². The largest absolute Gasteiger partial charge is 4.00 e. The van der Waals surface area contributed by atoms with Gasteiger partial charge in [-0.15, -0.1) is 48.3 Å². The minimum Gasteiger partial charge on any atom is -0.658 e. The molecule has 0 atom stereocenters. The molecule has 0 fully saturated rings. The van der Waals surface area contributed by atoms with E-state index in [0.717, 1.165) is 0 Å². The Hall–Kier alpha value is 1.22. The molecule has 5 heteroatoms. The Kier molecular flexibility index (Phi) is 38.1. The summed E-state index contributed by atoms with van der Waals surface area (Å²) in [6.07, 6.45) is 0. The number of rotatable bonds is 8. The van der Waals surface area contributed by atoms with Crippen molar-refractivity contribution in [3.63, 3.8) is 0 Å². The van der Waals surface area contributed by atoms with Gasteiger partial charge in [-0.25, -0.2) is 0 Å². The summed E-state index contributed by atoms with van der Waals surface area (Å²) in [6.45, 7) is 33.6. The molecule has 0 spiro atoms. The summed E-state index contributed by atoms with van der Waals surface area (Å²) >= 11 is 0. The molecule has 29 heavy (non-hydrogen) atoms. The average Bonchev–Trinajstić information content (AvgIpc) is 2.32. The molecule has 0 N–H and O–H groups in total. The van der Waals surface area contributed by atoms with E-state index in [-0.39, 0.29) is 41.7 Å². The third-order valence-corrected chi connectivity index (χ3v) is 2.39. The molecule has 0 radical (unpaired) electrons. The van der Waals surface area contributed by atoms with E-state index in [1.54, 1.807) is 0 Å². The molecule has 0 aromatic carbocycles. The van der Waals surface area contributed by atoms with Crippen LogP contribution < -0.4 is 0 Å². The standard InChI is InChI=1S/4C6H14N.Ce/c4*1-5(2)7-6(3)4;/h4*5-6H,1-4H3;/q4*-1;+4. The zero-order valence-electron chi connectivity index (χ0n) is 22.9. The monoisotopic (exact) mass is 540 g/mol. The third kappa shape index (κ3) is 73.0. The minimum absolute atomic E-state index is 0. The van der Waals surface area contributed by atoms with Crippen LogP contribution >= 0.6 is 0 Å². The van der Waals surface area contributed by atoms with Crippen LogP contribution in [0.3, 0.4) is 0 Å². The summed E-state index contributed by atoms with van der Waals surface area (Å²) < 4.78 is 0. The summed E-state index contributed by atoms with van der Waals surface area (Å²) in [4.78, 5) is 0. The summed E-state index contributed by atoms with van der Waals surface area (Å²) in [6, 6.07) is 4.00. The fraction of sp³-hybridized carbons (Fsp3) is 1.00. The van der Waals surface area contributed by atoms with Crippen molar-refractivity contribution in [2.75, 3.05) is 0 Å². The van der Waals surface area contributed by atoms with Crippen LogP contribution in [0.4, 0.5) is 0 Å². The first kappa shape index (κ1) is 40.6. The van der Waals surface area contributed by atoms with Crippen molar-refractivity contribution in [3.8, 4) is 0 Å². The van der Waals surface area contributed by atoms with Gasteiger partial charge in [0.05, 0.1) is 0 Å². The van der Waals surface area contributed by atoms with Gasteiger partial charge in [0, 0.05) is 0 Å². The van der Waals surface area contributed by atoms with E-state index in [1.807, 2.05) is 0 Å². The summed E-state index contributed by atoms with van der Waals surface area (Å²) in [5.41, 5.74) is 0. The van der Waals surface area contributed by atoms with Gasteiger partial charge in [0.25, 0.3) is 0 Å². The molecular weight excluding hydrogens is 484 g/mol. The molecule has 0 aliphatic carbocycles. The molecule has 4 nitrogen and oxygen atoms in total. The van der Waals surface area contributed by atoms with Gasteiger partial charge in [-0.1, -0.05) is 111 Å². The van der Waals surface area contributed by atoms with Crippen LogP contribution in [0.1, 0.15) is 111 Å². The fourth-order valence-corrected chi connectivity index (χ4v) is 2.39. The van der Waals surface area contributed by atoms with Crippen LogP contribution in [0.25, 0.3) is 21.3 Å². The molecule has 0 saturated heterocycles. The maximum absolute atomic E-state index is 4.28. The van der Waals surface area contributed by atoms with Gasteiger partial charge in [0.2, 0.25) is 0 Å². The quantitative estimate of drug-likeness (QED) is 0.296. The van der Waals surface area contributed by atoms with Crippen molar-refractivity contribution in [3.05, 3.63) is 21.3 Å². The predicted molar refractivity (Wildman–Crippen MR) is 135 cm³/mol. The van der Waals surface area contributed by atoms with Crippen LogP contribution in [-0.4, -0.2) is 48.3 Å². The van der Waals surface area contributed by atoms with E-state index in [2.05, 4.69) is 132 Å². The molecule has 0 aliphatic heterocycles. The van der Waals surface area contributed by atoms with E-state index in [0.29, 0.717) is 48.3 Å². The third-order valence-electron chi connectivity index (χ3n) is 2.39. The first-order valence-corrected chi connectivity index (χ1v) is 11.3. The Balaban J connectivity index is -0.0000000873. The van der Waals surface area contributed by atoms with Crippen LogP contribution in [0, 0.1) is 41.7 Å². The fourth-order valence-electron chi connectivity index (χ4n) is 2.39. The molecule has 0 aromatic rings. The molecule has 0 bridgehead atoms. The van der Waals surface area contributed by atoms with Crippen molar-refractivity contribution in [2.24, 2.45) is 0 Å². The Morgan fingerprint density at radius 1 is 0.241 bits per heavy atom. The number of hydrogen-bond acceptors (Lipinski definition) is 0. The van der Waals surface area contributed by atoms with Gasteiger partial charge >= 0.3 is 41.7 Å². The zero-order chi connectivity index (χ0) is 23.4. The average molecular weight is 541 g/mol. The van der Waals surface area contributed by atoms with E-state index in [1.165, 1.54) is 0 Å². The molecular formula is C24H56CeN4. The Bertz CT molecular complexity index is 196. The van der Waals surface area contributed by atoms with Gasteiger partial charge in [-0.2, -0.15) is 0 Å². The number of nitrogens with zero attached hydrogens (tertiary/aromatic N) is 4. The first-order valence-electron chi connectivity index (χ1n) is 11.3. The molecule has 0 unspecified atom stereocenters. The molecule has 0 amide bonds. The van der Waals surface area contributed by atoms with Crippen LogP contribution in [0.2, 0.25) is 0 Å². The van der Waals surface area contributed by atoms with Crippen molar-refractivity contribution >= 4 is 0 Å². The smallest absolute Gasteiger partial charge is 0.658 e. The molecule has 0 rings (SSSR count). The van der Waals surface area contributed by atoms with Crippen molar-refractivity contribution in [1.82, 2.24) is 0 Å². The molecule has 0 saturated carbocycles. The number of hydrogen-bond donors (Lipinski definition) is 0. The van der Waals surface area contributed by atoms with Gasteiger partial charge in [-0.3, -0.25) is 0 Å². The topological polar surface area (TPSA) is 56.4 Å². The summed E-state index contributed by atoms with van der Waals surface area (Å²) in [5, 5.41) is 17.1. The first-order chi connectivity index (χ1) is 12.5. The van der Waals surface area contributed by atoms with Crippen LogP contribution in [-0.2, 0) is 0 Å². The molecule has 0 aliphatic rings. The van der Waals surface area contributed by atoms with Crippen LogP contribution in [0.15, 0.2) is 0 Å². The van der Waals surface area contributed by atoms with Crippen molar-refractivity contribution < 1.29 is 41.7 Å². The van der Waals surface area contributed by atoms with E-state index < -0.39 is 0 Å². The summed E-state index contributed by atoms with van der Waals surface area (Å²) in [7, 11) is 0.